The highest BCUT2D eigenvalue weighted by molar-refractivity contribution is 5.57. The highest BCUT2D eigenvalue weighted by Crippen LogP contribution is 2.29. The quantitative estimate of drug-likeness (QED) is 0.850. The maximum Gasteiger partial charge on any atom is 0.120 e. The fourth-order valence-electron chi connectivity index (χ4n) is 2.41. The van der Waals surface area contributed by atoms with Gasteiger partial charge in [0.15, 0.2) is 0 Å². The van der Waals surface area contributed by atoms with Gasteiger partial charge in [-0.2, -0.15) is 0 Å². The molecule has 3 N–H and O–H groups in total. The molecule has 2 rings (SSSR count). The van der Waals surface area contributed by atoms with Gasteiger partial charge in [0.25, 0.3) is 0 Å². The number of aliphatic hydroxyl groups excluding tert-OH is 1. The highest BCUT2D eigenvalue weighted by Gasteiger charge is 2.25. The van der Waals surface area contributed by atoms with Crippen LogP contribution in [-0.2, 0) is 6.54 Å². The Morgan fingerprint density at radius 3 is 2.89 bits per heavy atom. The zero-order valence-electron chi connectivity index (χ0n) is 11.1. The molecule has 0 amide bonds. The van der Waals surface area contributed by atoms with Gasteiger partial charge in [0, 0.05) is 31.4 Å². The van der Waals surface area contributed by atoms with Crippen molar-refractivity contribution < 1.29 is 9.84 Å². The van der Waals surface area contributed by atoms with Crippen LogP contribution in [0.25, 0.3) is 0 Å². The topological polar surface area (TPSA) is 58.7 Å². The first-order valence-electron chi connectivity index (χ1n) is 6.45. The molecule has 1 aromatic rings. The van der Waals surface area contributed by atoms with Gasteiger partial charge < -0.3 is 20.5 Å². The molecular weight excluding hydrogens is 228 g/mol. The van der Waals surface area contributed by atoms with Crippen LogP contribution < -0.4 is 15.4 Å². The minimum atomic E-state index is -0.268. The predicted molar refractivity (Wildman–Crippen MR) is 72.9 cm³/mol. The summed E-state index contributed by atoms with van der Waals surface area (Å²) >= 11 is 0. The van der Waals surface area contributed by atoms with Crippen LogP contribution in [0.2, 0.25) is 0 Å². The van der Waals surface area contributed by atoms with Crippen LogP contribution in [0.4, 0.5) is 5.69 Å². The first-order valence-corrected chi connectivity index (χ1v) is 6.45. The van der Waals surface area contributed by atoms with Gasteiger partial charge in [-0.3, -0.25) is 0 Å². The third kappa shape index (κ3) is 2.60. The van der Waals surface area contributed by atoms with Crippen LogP contribution in [0.1, 0.15) is 18.9 Å². The number of nitrogens with zero attached hydrogens (tertiary/aromatic N) is 1. The molecule has 0 radical (unpaired) electrons. The van der Waals surface area contributed by atoms with Crippen LogP contribution in [0.5, 0.6) is 5.75 Å². The van der Waals surface area contributed by atoms with Crippen molar-refractivity contribution in [2.24, 2.45) is 11.7 Å². The standard InChI is InChI=1S/C14H22N2O2/c1-10-5-6-16(9-14(10)17)13-7-12(18-2)4-3-11(13)8-15/h3-4,7,10,14,17H,5-6,8-9,15H2,1-2H3. The van der Waals surface area contributed by atoms with E-state index in [9.17, 15) is 5.11 Å². The minimum Gasteiger partial charge on any atom is -0.497 e. The lowest BCUT2D eigenvalue weighted by atomic mass is 9.95. The molecule has 1 aromatic carbocycles. The number of aliphatic hydroxyl groups is 1. The van der Waals surface area contributed by atoms with E-state index in [1.54, 1.807) is 7.11 Å². The molecule has 0 aromatic heterocycles. The van der Waals surface area contributed by atoms with Crippen LogP contribution >= 0.6 is 0 Å². The van der Waals surface area contributed by atoms with E-state index >= 15 is 0 Å². The average molecular weight is 250 g/mol. The third-order valence-electron chi connectivity index (χ3n) is 3.77. The molecule has 1 aliphatic heterocycles. The lowest BCUT2D eigenvalue weighted by molar-refractivity contribution is 0.103. The van der Waals surface area contributed by atoms with Crippen molar-refractivity contribution in [3.63, 3.8) is 0 Å². The summed E-state index contributed by atoms with van der Waals surface area (Å²) in [6, 6.07) is 5.93. The number of piperidine rings is 1. The molecule has 0 bridgehead atoms. The maximum atomic E-state index is 10.00. The van der Waals surface area contributed by atoms with Gasteiger partial charge in [-0.05, 0) is 24.0 Å². The van der Waals surface area contributed by atoms with E-state index in [1.165, 1.54) is 0 Å². The minimum absolute atomic E-state index is 0.268. The van der Waals surface area contributed by atoms with Gasteiger partial charge in [-0.1, -0.05) is 13.0 Å². The molecule has 1 aliphatic rings. The van der Waals surface area contributed by atoms with Crippen LogP contribution in [0, 0.1) is 5.92 Å². The molecule has 2 atom stereocenters. The zero-order chi connectivity index (χ0) is 13.1. The van der Waals surface area contributed by atoms with Gasteiger partial charge in [0.2, 0.25) is 0 Å². The normalized spacial score (nSPS) is 24.1. The molecule has 4 nitrogen and oxygen atoms in total. The lowest BCUT2D eigenvalue weighted by Gasteiger charge is -2.36. The Balaban J connectivity index is 2.25. The number of methoxy groups -OCH3 is 1. The van der Waals surface area contributed by atoms with E-state index in [0.29, 0.717) is 19.0 Å². The molecule has 18 heavy (non-hydrogen) atoms. The summed E-state index contributed by atoms with van der Waals surface area (Å²) < 4.78 is 5.26. The number of ether oxygens (including phenoxy) is 1. The second-order valence-electron chi connectivity index (χ2n) is 4.98. The number of anilines is 1. The smallest absolute Gasteiger partial charge is 0.120 e. The molecule has 1 heterocycles. The molecular formula is C14H22N2O2. The first kappa shape index (κ1) is 13.2. The SMILES string of the molecule is COc1ccc(CN)c(N2CCC(C)C(O)C2)c1. The molecule has 1 fully saturated rings. The maximum absolute atomic E-state index is 10.00. The Morgan fingerprint density at radius 2 is 2.28 bits per heavy atom. The van der Waals surface area contributed by atoms with E-state index in [2.05, 4.69) is 11.8 Å². The summed E-state index contributed by atoms with van der Waals surface area (Å²) in [5.41, 5.74) is 7.96. The van der Waals surface area contributed by atoms with E-state index in [4.69, 9.17) is 10.5 Å². The Kier molecular flexibility index (Phi) is 4.09. The molecule has 2 unspecified atom stereocenters. The van der Waals surface area contributed by atoms with Crippen molar-refractivity contribution in [1.29, 1.82) is 0 Å². The van der Waals surface area contributed by atoms with Crippen molar-refractivity contribution in [3.05, 3.63) is 23.8 Å². The number of hydrogen-bond donors (Lipinski definition) is 2. The molecule has 0 aliphatic carbocycles. The molecule has 0 spiro atoms. The predicted octanol–water partition coefficient (Wildman–Crippen LogP) is 1.36. The van der Waals surface area contributed by atoms with Crippen LogP contribution in [0.15, 0.2) is 18.2 Å². The fraction of sp³-hybridized carbons (Fsp3) is 0.571. The van der Waals surface area contributed by atoms with Crippen molar-refractivity contribution >= 4 is 5.69 Å². The Morgan fingerprint density at radius 1 is 1.50 bits per heavy atom. The van der Waals surface area contributed by atoms with Gasteiger partial charge in [-0.25, -0.2) is 0 Å². The van der Waals surface area contributed by atoms with Crippen molar-refractivity contribution in [2.75, 3.05) is 25.1 Å². The third-order valence-corrected chi connectivity index (χ3v) is 3.77. The Hall–Kier alpha value is -1.26. The fourth-order valence-corrected chi connectivity index (χ4v) is 2.41. The number of hydrogen-bond acceptors (Lipinski definition) is 4. The number of rotatable bonds is 3. The van der Waals surface area contributed by atoms with Crippen molar-refractivity contribution in [2.45, 2.75) is 26.0 Å². The number of nitrogens with two attached hydrogens (primary N) is 1. The summed E-state index contributed by atoms with van der Waals surface area (Å²) in [6.45, 7) is 4.22. The summed E-state index contributed by atoms with van der Waals surface area (Å²) in [7, 11) is 1.66. The monoisotopic (exact) mass is 250 g/mol. The molecule has 1 saturated heterocycles. The highest BCUT2D eigenvalue weighted by atomic mass is 16.5. The molecule has 4 heteroatoms. The largest absolute Gasteiger partial charge is 0.497 e. The van der Waals surface area contributed by atoms with E-state index in [1.807, 2.05) is 18.2 Å². The molecule has 100 valence electrons. The Labute approximate surface area is 108 Å². The summed E-state index contributed by atoms with van der Waals surface area (Å²) in [4.78, 5) is 2.20. The zero-order valence-corrected chi connectivity index (χ0v) is 11.1. The average Bonchev–Trinajstić information content (AvgIpc) is 2.41. The summed E-state index contributed by atoms with van der Waals surface area (Å²) in [5.74, 6) is 1.20. The molecule has 0 saturated carbocycles. The first-order chi connectivity index (χ1) is 8.65. The number of benzene rings is 1. The van der Waals surface area contributed by atoms with E-state index < -0.39 is 0 Å². The summed E-state index contributed by atoms with van der Waals surface area (Å²) in [5, 5.41) is 10.00. The van der Waals surface area contributed by atoms with Crippen LogP contribution in [0.3, 0.4) is 0 Å². The second-order valence-corrected chi connectivity index (χ2v) is 4.98. The van der Waals surface area contributed by atoms with E-state index in [-0.39, 0.29) is 6.10 Å². The Bertz CT molecular complexity index is 409. The van der Waals surface area contributed by atoms with Gasteiger partial charge in [-0.15, -0.1) is 0 Å². The van der Waals surface area contributed by atoms with Gasteiger partial charge in [0.05, 0.1) is 13.2 Å². The van der Waals surface area contributed by atoms with Gasteiger partial charge >= 0.3 is 0 Å². The lowest BCUT2D eigenvalue weighted by Crippen LogP contribution is -2.43. The van der Waals surface area contributed by atoms with Crippen molar-refractivity contribution in [1.82, 2.24) is 0 Å². The van der Waals surface area contributed by atoms with E-state index in [0.717, 1.165) is 30.0 Å². The second kappa shape index (κ2) is 5.59. The van der Waals surface area contributed by atoms with Gasteiger partial charge in [0.1, 0.15) is 5.75 Å². The summed E-state index contributed by atoms with van der Waals surface area (Å²) in [6.07, 6.45) is 0.734. The number of β-amino-alcohol motifs (C(OH)–C–C–N with tert-alkyl or cyclic N) is 1. The van der Waals surface area contributed by atoms with Crippen LogP contribution in [-0.4, -0.2) is 31.4 Å². The van der Waals surface area contributed by atoms with Crippen molar-refractivity contribution in [3.8, 4) is 5.75 Å².